The van der Waals surface area contributed by atoms with E-state index in [9.17, 15) is 29.4 Å². The van der Waals surface area contributed by atoms with Crippen LogP contribution in [-0.4, -0.2) is 75.1 Å². The second-order valence-corrected chi connectivity index (χ2v) is 12.0. The van der Waals surface area contributed by atoms with Gasteiger partial charge in [0, 0.05) is 31.1 Å². The van der Waals surface area contributed by atoms with E-state index in [-0.39, 0.29) is 31.3 Å². The largest absolute Gasteiger partial charge is 0.459 e. The van der Waals surface area contributed by atoms with Crippen molar-refractivity contribution in [2.75, 3.05) is 0 Å². The molecule has 2 N–H and O–H groups in total. The van der Waals surface area contributed by atoms with Gasteiger partial charge in [0.15, 0.2) is 11.7 Å². The number of aliphatic hydroxyl groups is 2. The Kier molecular flexibility index (Phi) is 9.48. The molecule has 0 amide bonds. The number of carbonyl (C=O) groups is 4. The molecule has 11 heteroatoms. The zero-order chi connectivity index (χ0) is 30.2. The summed E-state index contributed by atoms with van der Waals surface area (Å²) in [6.45, 7) is 13.2. The second-order valence-electron chi connectivity index (χ2n) is 11.6. The van der Waals surface area contributed by atoms with Crippen LogP contribution in [0.1, 0.15) is 73.6 Å². The molecule has 3 rings (SSSR count). The van der Waals surface area contributed by atoms with E-state index in [1.165, 1.54) is 13.8 Å². The van der Waals surface area contributed by atoms with Crippen LogP contribution in [0.25, 0.3) is 0 Å². The van der Waals surface area contributed by atoms with Crippen LogP contribution in [0.3, 0.4) is 0 Å². The van der Waals surface area contributed by atoms with Crippen LogP contribution in [0.4, 0.5) is 0 Å². The fourth-order valence-electron chi connectivity index (χ4n) is 6.51. The molecule has 2 fully saturated rings. The maximum Gasteiger partial charge on any atom is 0.312 e. The molecule has 10 nitrogen and oxygen atoms in total. The Morgan fingerprint density at radius 2 is 1.80 bits per heavy atom. The summed E-state index contributed by atoms with van der Waals surface area (Å²) in [5.41, 5.74) is -5.12. The van der Waals surface area contributed by atoms with E-state index in [1.807, 2.05) is 6.92 Å². The maximum absolute atomic E-state index is 12.9. The first-order chi connectivity index (χ1) is 18.5. The molecule has 0 spiro atoms. The quantitative estimate of drug-likeness (QED) is 0.271. The highest BCUT2D eigenvalue weighted by atomic mass is 35.5. The van der Waals surface area contributed by atoms with Gasteiger partial charge >= 0.3 is 23.9 Å². The molecular formula is C29H41ClO10. The normalized spacial score (nSPS) is 41.3. The van der Waals surface area contributed by atoms with E-state index in [0.29, 0.717) is 6.42 Å². The minimum Gasteiger partial charge on any atom is -0.459 e. The molecule has 1 heterocycles. The van der Waals surface area contributed by atoms with E-state index in [0.717, 1.165) is 6.92 Å². The number of alkyl halides is 1. The number of fused-ring (bicyclic) bond motifs is 2. The second kappa shape index (κ2) is 11.8. The molecule has 1 aliphatic heterocycles. The molecule has 10 unspecified atom stereocenters. The Balaban J connectivity index is 2.34. The van der Waals surface area contributed by atoms with Gasteiger partial charge < -0.3 is 29.2 Å². The molecule has 0 radical (unpaired) electrons. The first kappa shape index (κ1) is 32.1. The van der Waals surface area contributed by atoms with Crippen LogP contribution < -0.4 is 0 Å². The number of esters is 4. The van der Waals surface area contributed by atoms with Crippen molar-refractivity contribution in [3.63, 3.8) is 0 Å². The molecule has 0 aromatic heterocycles. The number of hydrogen-bond acceptors (Lipinski definition) is 10. The Hall–Kier alpha value is -2.43. The highest BCUT2D eigenvalue weighted by Gasteiger charge is 2.71. The SMILES string of the molecule is C=C1C=CC(OC(=O)CC)C2(C)CCC(OC(=O)CCC)C(C)(O)C2C(OC(C)=O)C2(O)C(C)C(=O)OC2C1Cl. The van der Waals surface area contributed by atoms with Crippen molar-refractivity contribution in [1.82, 2.24) is 0 Å². The number of ether oxygens (including phenoxy) is 4. The van der Waals surface area contributed by atoms with Crippen LogP contribution in [0, 0.1) is 17.3 Å². The summed E-state index contributed by atoms with van der Waals surface area (Å²) in [5.74, 6) is -5.09. The van der Waals surface area contributed by atoms with E-state index in [2.05, 4.69) is 6.58 Å². The van der Waals surface area contributed by atoms with Crippen molar-refractivity contribution in [3.8, 4) is 0 Å². The Morgan fingerprint density at radius 3 is 2.38 bits per heavy atom. The lowest BCUT2D eigenvalue weighted by Gasteiger charge is -2.58. The summed E-state index contributed by atoms with van der Waals surface area (Å²) in [6.07, 6.45) is -0.811. The Bertz CT molecular complexity index is 1070. The minimum absolute atomic E-state index is 0.0660. The molecule has 1 saturated carbocycles. The molecule has 40 heavy (non-hydrogen) atoms. The lowest BCUT2D eigenvalue weighted by Crippen LogP contribution is -2.71. The first-order valence-electron chi connectivity index (χ1n) is 13.8. The summed E-state index contributed by atoms with van der Waals surface area (Å²) in [4.78, 5) is 50.7. The lowest BCUT2D eigenvalue weighted by atomic mass is 9.52. The summed E-state index contributed by atoms with van der Waals surface area (Å²) in [6, 6.07) is 0. The van der Waals surface area contributed by atoms with Gasteiger partial charge in [0.05, 0.1) is 11.3 Å². The van der Waals surface area contributed by atoms with Gasteiger partial charge in [-0.05, 0) is 44.8 Å². The molecule has 2 aliphatic carbocycles. The van der Waals surface area contributed by atoms with Crippen LogP contribution in [0.2, 0.25) is 0 Å². The molecule has 3 aliphatic rings. The summed E-state index contributed by atoms with van der Waals surface area (Å²) < 4.78 is 23.0. The van der Waals surface area contributed by atoms with Crippen molar-refractivity contribution in [1.29, 1.82) is 0 Å². The van der Waals surface area contributed by atoms with Gasteiger partial charge in [-0.1, -0.05) is 33.4 Å². The van der Waals surface area contributed by atoms with Gasteiger partial charge in [-0.25, -0.2) is 0 Å². The topological polar surface area (TPSA) is 146 Å². The van der Waals surface area contributed by atoms with Crippen molar-refractivity contribution in [3.05, 3.63) is 24.3 Å². The van der Waals surface area contributed by atoms with Gasteiger partial charge in [0.25, 0.3) is 0 Å². The Morgan fingerprint density at radius 1 is 1.15 bits per heavy atom. The lowest BCUT2D eigenvalue weighted by molar-refractivity contribution is -0.265. The highest BCUT2D eigenvalue weighted by molar-refractivity contribution is 6.23. The molecular weight excluding hydrogens is 544 g/mol. The highest BCUT2D eigenvalue weighted by Crippen LogP contribution is 2.57. The third-order valence-corrected chi connectivity index (χ3v) is 9.27. The Labute approximate surface area is 240 Å². The number of allylic oxidation sites excluding steroid dienone is 1. The van der Waals surface area contributed by atoms with E-state index >= 15 is 0 Å². The van der Waals surface area contributed by atoms with Crippen LogP contribution in [0.5, 0.6) is 0 Å². The fraction of sp³-hybridized carbons (Fsp3) is 0.724. The smallest absolute Gasteiger partial charge is 0.312 e. The molecule has 0 aromatic rings. The zero-order valence-corrected chi connectivity index (χ0v) is 24.7. The zero-order valence-electron chi connectivity index (χ0n) is 24.0. The number of carbonyl (C=O) groups excluding carboxylic acids is 4. The van der Waals surface area contributed by atoms with Crippen LogP contribution in [-0.2, 0) is 38.1 Å². The number of rotatable bonds is 6. The summed E-state index contributed by atoms with van der Waals surface area (Å²) in [7, 11) is 0. The first-order valence-corrected chi connectivity index (χ1v) is 14.2. The van der Waals surface area contributed by atoms with Gasteiger partial charge in [0.1, 0.15) is 23.9 Å². The van der Waals surface area contributed by atoms with Gasteiger partial charge in [-0.15, -0.1) is 11.6 Å². The average Bonchev–Trinajstić information content (AvgIpc) is 3.10. The standard InChI is InChI=1S/C29H41ClO10/c1-8-10-21(33)39-19-13-14-27(6)18(38-20(32)9-2)12-11-15(3)22(30)24-29(36,16(4)26(34)40-24)25(37-17(5)31)23(27)28(19,7)35/h11-12,16,18-19,22-25,35-36H,3,8-10,13-14H2,1-2,4-7H3. The third-order valence-electron chi connectivity index (χ3n) is 8.76. The van der Waals surface area contributed by atoms with E-state index < -0.39 is 82.1 Å². The maximum atomic E-state index is 12.9. The molecule has 224 valence electrons. The molecule has 10 atom stereocenters. The van der Waals surface area contributed by atoms with Crippen molar-refractivity contribution >= 4 is 35.5 Å². The van der Waals surface area contributed by atoms with Crippen molar-refractivity contribution in [2.45, 2.75) is 115 Å². The van der Waals surface area contributed by atoms with Crippen molar-refractivity contribution < 1.29 is 48.3 Å². The average molecular weight is 585 g/mol. The molecule has 0 bridgehead atoms. The molecule has 1 saturated heterocycles. The van der Waals surface area contributed by atoms with Gasteiger partial charge in [-0.2, -0.15) is 0 Å². The number of hydrogen-bond donors (Lipinski definition) is 2. The van der Waals surface area contributed by atoms with Crippen molar-refractivity contribution in [2.24, 2.45) is 17.3 Å². The van der Waals surface area contributed by atoms with E-state index in [1.54, 1.807) is 26.0 Å². The third kappa shape index (κ3) is 5.54. The van der Waals surface area contributed by atoms with Gasteiger partial charge in [-0.3, -0.25) is 19.2 Å². The predicted molar refractivity (Wildman–Crippen MR) is 144 cm³/mol. The predicted octanol–water partition coefficient (Wildman–Crippen LogP) is 3.15. The minimum atomic E-state index is -2.24. The monoisotopic (exact) mass is 584 g/mol. The fourth-order valence-corrected chi connectivity index (χ4v) is 6.84. The molecule has 0 aromatic carbocycles. The van der Waals surface area contributed by atoms with Crippen LogP contribution in [0.15, 0.2) is 24.3 Å². The summed E-state index contributed by atoms with van der Waals surface area (Å²) in [5, 5.41) is 23.5. The van der Waals surface area contributed by atoms with Gasteiger partial charge in [0.2, 0.25) is 0 Å². The number of halogens is 1. The summed E-state index contributed by atoms with van der Waals surface area (Å²) >= 11 is 6.72. The van der Waals surface area contributed by atoms with Crippen LogP contribution >= 0.6 is 11.6 Å². The van der Waals surface area contributed by atoms with E-state index in [4.69, 9.17) is 30.5 Å².